The summed E-state index contributed by atoms with van der Waals surface area (Å²) in [5, 5.41) is 2.78. The second-order valence-corrected chi connectivity index (χ2v) is 9.49. The van der Waals surface area contributed by atoms with E-state index >= 15 is 0 Å². The molecule has 0 aromatic heterocycles. The first-order valence-electron chi connectivity index (χ1n) is 11.0. The molecule has 0 spiro atoms. The van der Waals surface area contributed by atoms with Gasteiger partial charge in [0.05, 0.1) is 16.6 Å². The number of nitrogens with one attached hydrogen (secondary N) is 1. The number of amides is 2. The average molecular weight is 499 g/mol. The number of carbonyl (C=O) groups excluding carboxylic acids is 3. The molecule has 1 saturated heterocycles. The van der Waals surface area contributed by atoms with Crippen molar-refractivity contribution in [2.45, 2.75) is 45.7 Å². The molecule has 2 aliphatic rings. The highest BCUT2D eigenvalue weighted by molar-refractivity contribution is 9.10. The van der Waals surface area contributed by atoms with Gasteiger partial charge in [-0.25, -0.2) is 0 Å². The van der Waals surface area contributed by atoms with Gasteiger partial charge >= 0.3 is 0 Å². The molecule has 32 heavy (non-hydrogen) atoms. The van der Waals surface area contributed by atoms with E-state index in [1.54, 1.807) is 4.90 Å². The van der Waals surface area contributed by atoms with Crippen molar-refractivity contribution in [3.8, 4) is 16.9 Å². The number of hydrogen-bond donors (Lipinski definition) is 1. The Balaban J connectivity index is 1.62. The lowest BCUT2D eigenvalue weighted by Gasteiger charge is -2.26. The van der Waals surface area contributed by atoms with E-state index in [0.717, 1.165) is 27.6 Å². The zero-order chi connectivity index (χ0) is 23.0. The summed E-state index contributed by atoms with van der Waals surface area (Å²) in [6.45, 7) is 6.54. The Kier molecular flexibility index (Phi) is 6.38. The van der Waals surface area contributed by atoms with Crippen molar-refractivity contribution in [1.29, 1.82) is 0 Å². The average Bonchev–Trinajstić information content (AvgIpc) is 3.24. The minimum Gasteiger partial charge on any atom is -0.483 e. The number of carbonyl (C=O) groups is 3. The molecular formula is C25H27BrN2O4. The van der Waals surface area contributed by atoms with Crippen LogP contribution < -0.4 is 10.1 Å². The summed E-state index contributed by atoms with van der Waals surface area (Å²) in [5.41, 5.74) is 3.46. The zero-order valence-corrected chi connectivity index (χ0v) is 20.1. The third-order valence-electron chi connectivity index (χ3n) is 6.07. The van der Waals surface area contributed by atoms with Gasteiger partial charge in [-0.3, -0.25) is 14.4 Å². The molecule has 2 amide bonds. The quantitative estimate of drug-likeness (QED) is 0.608. The van der Waals surface area contributed by atoms with Crippen LogP contribution in [0.2, 0.25) is 0 Å². The fourth-order valence-corrected chi connectivity index (χ4v) is 5.20. The topological polar surface area (TPSA) is 75.7 Å². The Hall–Kier alpha value is -2.67. The van der Waals surface area contributed by atoms with Crippen LogP contribution in [0.4, 0.5) is 0 Å². The summed E-state index contributed by atoms with van der Waals surface area (Å²) >= 11 is 3.55. The van der Waals surface area contributed by atoms with Crippen molar-refractivity contribution < 1.29 is 19.1 Å². The molecule has 0 aliphatic carbocycles. The molecule has 0 bridgehead atoms. The molecule has 2 aromatic rings. The van der Waals surface area contributed by atoms with E-state index in [1.807, 2.05) is 57.2 Å². The fourth-order valence-electron chi connectivity index (χ4n) is 4.71. The van der Waals surface area contributed by atoms with Crippen LogP contribution in [0.15, 0.2) is 40.9 Å². The molecule has 1 N–H and O–H groups in total. The van der Waals surface area contributed by atoms with Crippen molar-refractivity contribution in [2.24, 2.45) is 5.92 Å². The molecule has 2 atom stereocenters. The predicted octanol–water partition coefficient (Wildman–Crippen LogP) is 4.52. The third kappa shape index (κ3) is 3.94. The second kappa shape index (κ2) is 9.06. The van der Waals surface area contributed by atoms with Crippen molar-refractivity contribution in [1.82, 2.24) is 10.2 Å². The van der Waals surface area contributed by atoms with Gasteiger partial charge in [-0.15, -0.1) is 0 Å². The maximum atomic E-state index is 13.2. The number of ether oxygens (including phenoxy) is 1. The molecule has 2 unspecified atom stereocenters. The summed E-state index contributed by atoms with van der Waals surface area (Å²) in [6.07, 6.45) is 1.23. The van der Waals surface area contributed by atoms with Crippen molar-refractivity contribution >= 4 is 33.5 Å². The molecule has 2 aliphatic heterocycles. The van der Waals surface area contributed by atoms with E-state index in [1.165, 1.54) is 0 Å². The largest absolute Gasteiger partial charge is 0.483 e. The molecule has 168 valence electrons. The molecule has 1 fully saturated rings. The van der Waals surface area contributed by atoms with E-state index in [0.29, 0.717) is 24.3 Å². The van der Waals surface area contributed by atoms with Crippen LogP contribution in [0.1, 0.15) is 55.6 Å². The predicted molar refractivity (Wildman–Crippen MR) is 126 cm³/mol. The first-order valence-corrected chi connectivity index (χ1v) is 11.8. The van der Waals surface area contributed by atoms with Gasteiger partial charge in [0.15, 0.2) is 12.4 Å². The van der Waals surface area contributed by atoms with E-state index in [-0.39, 0.29) is 42.2 Å². The molecule has 0 radical (unpaired) electrons. The van der Waals surface area contributed by atoms with Crippen LogP contribution in [-0.2, 0) is 9.59 Å². The number of fused-ring (bicyclic) bond motifs is 3. The molecule has 4 rings (SSSR count). The van der Waals surface area contributed by atoms with Gasteiger partial charge in [0, 0.05) is 18.5 Å². The normalized spacial score (nSPS) is 19.3. The van der Waals surface area contributed by atoms with Crippen molar-refractivity contribution in [3.63, 3.8) is 0 Å². The van der Waals surface area contributed by atoms with Crippen LogP contribution in [0.5, 0.6) is 5.75 Å². The molecule has 0 saturated carbocycles. The second-order valence-electron chi connectivity index (χ2n) is 8.64. The van der Waals surface area contributed by atoms with Crippen LogP contribution >= 0.6 is 15.9 Å². The van der Waals surface area contributed by atoms with Gasteiger partial charge in [0.25, 0.3) is 11.8 Å². The fraction of sp³-hybridized carbons (Fsp3) is 0.400. The molecular weight excluding hydrogens is 472 g/mol. The van der Waals surface area contributed by atoms with E-state index in [9.17, 15) is 14.4 Å². The molecule has 2 heterocycles. The lowest BCUT2D eigenvalue weighted by Crippen LogP contribution is -2.39. The van der Waals surface area contributed by atoms with Gasteiger partial charge in [0.2, 0.25) is 0 Å². The first-order chi connectivity index (χ1) is 15.3. The summed E-state index contributed by atoms with van der Waals surface area (Å²) in [7, 11) is 0. The van der Waals surface area contributed by atoms with Crippen LogP contribution in [0, 0.1) is 5.92 Å². The van der Waals surface area contributed by atoms with Crippen LogP contribution in [0.25, 0.3) is 11.1 Å². The molecule has 2 aromatic carbocycles. The lowest BCUT2D eigenvalue weighted by atomic mass is 9.91. The third-order valence-corrected chi connectivity index (χ3v) is 6.69. The number of hydrogen-bond acceptors (Lipinski definition) is 4. The highest BCUT2D eigenvalue weighted by Gasteiger charge is 2.51. The Morgan fingerprint density at radius 3 is 2.66 bits per heavy atom. The van der Waals surface area contributed by atoms with Crippen molar-refractivity contribution in [2.75, 3.05) is 13.2 Å². The Morgan fingerprint density at radius 2 is 1.97 bits per heavy atom. The summed E-state index contributed by atoms with van der Waals surface area (Å²) in [5.74, 6) is 0.558. The van der Waals surface area contributed by atoms with E-state index < -0.39 is 0 Å². The SMILES string of the molecule is CCCNC(=O)COc1ccc(-c2cccc3c2C2CC(=O)C(C(C)C)N2C3=O)cc1Br. The number of ketones is 1. The molecule has 6 nitrogen and oxygen atoms in total. The first kappa shape index (κ1) is 22.5. The Labute approximate surface area is 196 Å². The summed E-state index contributed by atoms with van der Waals surface area (Å²) in [6, 6.07) is 10.8. The Bertz CT molecular complexity index is 1080. The monoisotopic (exact) mass is 498 g/mol. The Morgan fingerprint density at radius 1 is 1.22 bits per heavy atom. The number of rotatable bonds is 7. The minimum absolute atomic E-state index is 0.0527. The molecule has 7 heteroatoms. The van der Waals surface area contributed by atoms with Gasteiger partial charge in [-0.1, -0.05) is 39.0 Å². The van der Waals surface area contributed by atoms with Gasteiger partial charge < -0.3 is 15.0 Å². The number of nitrogens with zero attached hydrogens (tertiary/aromatic N) is 1. The van der Waals surface area contributed by atoms with Gasteiger partial charge in [-0.2, -0.15) is 0 Å². The minimum atomic E-state index is -0.367. The smallest absolute Gasteiger partial charge is 0.257 e. The van der Waals surface area contributed by atoms with Gasteiger partial charge in [0.1, 0.15) is 5.75 Å². The lowest BCUT2D eigenvalue weighted by molar-refractivity contribution is -0.123. The summed E-state index contributed by atoms with van der Waals surface area (Å²) in [4.78, 5) is 39.5. The van der Waals surface area contributed by atoms with Gasteiger partial charge in [-0.05, 0) is 63.2 Å². The number of halogens is 1. The standard InChI is InChI=1S/C25H27BrN2O4/c1-4-10-27-22(30)13-32-21-9-8-15(11-18(21)26)16-6-5-7-17-23(16)19-12-20(29)24(14(2)3)28(19)25(17)31/h5-9,11,14,19,24H,4,10,12-13H2,1-3H3,(H,27,30). The van der Waals surface area contributed by atoms with Crippen LogP contribution in [0.3, 0.4) is 0 Å². The maximum Gasteiger partial charge on any atom is 0.257 e. The van der Waals surface area contributed by atoms with E-state index in [4.69, 9.17) is 4.74 Å². The number of benzene rings is 2. The highest BCUT2D eigenvalue weighted by Crippen LogP contribution is 2.48. The van der Waals surface area contributed by atoms with Crippen LogP contribution in [-0.4, -0.2) is 41.7 Å². The number of Topliss-reactive ketones (excluding diaryl/α,β-unsaturated/α-hetero) is 1. The highest BCUT2D eigenvalue weighted by atomic mass is 79.9. The summed E-state index contributed by atoms with van der Waals surface area (Å²) < 4.78 is 6.38. The maximum absolute atomic E-state index is 13.2. The van der Waals surface area contributed by atoms with Crippen molar-refractivity contribution in [3.05, 3.63) is 52.0 Å². The zero-order valence-electron chi connectivity index (χ0n) is 18.5. The van der Waals surface area contributed by atoms with E-state index in [2.05, 4.69) is 21.2 Å².